The van der Waals surface area contributed by atoms with Gasteiger partial charge in [-0.15, -0.1) is 0 Å². The van der Waals surface area contributed by atoms with Crippen molar-refractivity contribution >= 4 is 22.8 Å². The molecule has 0 aliphatic heterocycles. The van der Waals surface area contributed by atoms with Gasteiger partial charge in [0, 0.05) is 6.07 Å². The number of halogens is 2. The predicted molar refractivity (Wildman–Crippen MR) is 101 cm³/mol. The highest BCUT2D eigenvalue weighted by atomic mass is 32.2. The van der Waals surface area contributed by atoms with E-state index in [1.165, 1.54) is 22.7 Å². The number of alkyl halides is 2. The summed E-state index contributed by atoms with van der Waals surface area (Å²) < 4.78 is 34.7. The average Bonchev–Trinajstić information content (AvgIpc) is 3.08. The Kier molecular flexibility index (Phi) is 5.24. The second-order valence-electron chi connectivity index (χ2n) is 6.52. The maximum atomic E-state index is 13.6. The Labute approximate surface area is 160 Å². The van der Waals surface area contributed by atoms with E-state index in [4.69, 9.17) is 4.74 Å². The van der Waals surface area contributed by atoms with Crippen LogP contribution in [0.4, 0.5) is 8.78 Å². The molecule has 5 nitrogen and oxygen atoms in total. The van der Waals surface area contributed by atoms with Crippen LogP contribution < -0.4 is 4.74 Å². The molecule has 0 N–H and O–H groups in total. The van der Waals surface area contributed by atoms with Crippen LogP contribution in [0.2, 0.25) is 0 Å². The maximum Gasteiger partial charge on any atom is 0.296 e. The van der Waals surface area contributed by atoms with Crippen LogP contribution in [-0.2, 0) is 0 Å². The third-order valence-corrected chi connectivity index (χ3v) is 5.25. The van der Waals surface area contributed by atoms with E-state index in [2.05, 4.69) is 15.0 Å². The first-order valence-corrected chi connectivity index (χ1v) is 10.2. The number of imidazole rings is 1. The molecule has 3 aromatic rings. The minimum Gasteiger partial charge on any atom is -0.474 e. The first-order chi connectivity index (χ1) is 13.2. The summed E-state index contributed by atoms with van der Waals surface area (Å²) in [5.74, 6) is 0.448. The summed E-state index contributed by atoms with van der Waals surface area (Å²) >= 11 is 1.35. The molecule has 0 unspecified atom stereocenters. The van der Waals surface area contributed by atoms with Crippen LogP contribution in [0, 0.1) is 0 Å². The third-order valence-electron chi connectivity index (χ3n) is 4.70. The molecule has 1 aromatic carbocycles. The van der Waals surface area contributed by atoms with Crippen LogP contribution in [0.25, 0.3) is 16.9 Å². The summed E-state index contributed by atoms with van der Waals surface area (Å²) in [6.45, 7) is 0. The zero-order chi connectivity index (χ0) is 18.8. The van der Waals surface area contributed by atoms with Crippen molar-refractivity contribution in [1.82, 2.24) is 19.5 Å². The number of para-hydroxylation sites is 2. The topological polar surface area (TPSA) is 52.8 Å². The van der Waals surface area contributed by atoms with Crippen molar-refractivity contribution in [1.29, 1.82) is 0 Å². The van der Waals surface area contributed by atoms with E-state index in [-0.39, 0.29) is 11.9 Å². The molecule has 1 aliphatic carbocycles. The number of rotatable bonds is 5. The van der Waals surface area contributed by atoms with Crippen molar-refractivity contribution in [2.45, 2.75) is 49.8 Å². The molecule has 4 rings (SSSR count). The number of ether oxygens (including phenoxy) is 1. The number of nitrogens with zero attached hydrogens (tertiary/aromatic N) is 4. The van der Waals surface area contributed by atoms with E-state index in [0.717, 1.165) is 25.7 Å². The van der Waals surface area contributed by atoms with Gasteiger partial charge < -0.3 is 4.74 Å². The molecule has 27 heavy (non-hydrogen) atoms. The minimum absolute atomic E-state index is 0.116. The van der Waals surface area contributed by atoms with Gasteiger partial charge >= 0.3 is 0 Å². The van der Waals surface area contributed by atoms with Crippen molar-refractivity contribution in [2.75, 3.05) is 6.26 Å². The fourth-order valence-corrected chi connectivity index (χ4v) is 3.81. The Balaban J connectivity index is 1.80. The van der Waals surface area contributed by atoms with Crippen LogP contribution in [0.3, 0.4) is 0 Å². The zero-order valence-electron chi connectivity index (χ0n) is 14.9. The van der Waals surface area contributed by atoms with Crippen molar-refractivity contribution in [2.24, 2.45) is 0 Å². The smallest absolute Gasteiger partial charge is 0.296 e. The van der Waals surface area contributed by atoms with Gasteiger partial charge in [0.2, 0.25) is 5.88 Å². The van der Waals surface area contributed by atoms with Gasteiger partial charge in [-0.2, -0.15) is 4.98 Å². The summed E-state index contributed by atoms with van der Waals surface area (Å²) in [4.78, 5) is 13.0. The highest BCUT2D eigenvalue weighted by Crippen LogP contribution is 2.30. The van der Waals surface area contributed by atoms with Gasteiger partial charge in [-0.25, -0.2) is 18.7 Å². The molecule has 0 radical (unpaired) electrons. The van der Waals surface area contributed by atoms with Crippen LogP contribution in [0.5, 0.6) is 5.88 Å². The van der Waals surface area contributed by atoms with Crippen LogP contribution in [0.15, 0.2) is 35.5 Å². The summed E-state index contributed by atoms with van der Waals surface area (Å²) in [7, 11) is 0. The minimum atomic E-state index is -2.71. The van der Waals surface area contributed by atoms with Crippen LogP contribution in [-0.4, -0.2) is 31.9 Å². The van der Waals surface area contributed by atoms with Crippen molar-refractivity contribution in [3.05, 3.63) is 36.2 Å². The Morgan fingerprint density at radius 2 is 1.89 bits per heavy atom. The molecular weight excluding hydrogens is 370 g/mol. The average molecular weight is 390 g/mol. The SMILES string of the molecule is CSc1nc(OC2CCCCC2)cc(-n2c(C(F)F)nc3ccccc32)n1. The Morgan fingerprint density at radius 3 is 2.63 bits per heavy atom. The fraction of sp³-hybridized carbons (Fsp3) is 0.421. The third kappa shape index (κ3) is 3.76. The second kappa shape index (κ2) is 7.80. The summed E-state index contributed by atoms with van der Waals surface area (Å²) in [5.41, 5.74) is 1.09. The lowest BCUT2D eigenvalue weighted by molar-refractivity contribution is 0.138. The maximum absolute atomic E-state index is 13.6. The molecule has 0 spiro atoms. The molecule has 1 fully saturated rings. The summed E-state index contributed by atoms with van der Waals surface area (Å²) in [6.07, 6.45) is 4.74. The zero-order valence-corrected chi connectivity index (χ0v) is 15.8. The van der Waals surface area contributed by atoms with Gasteiger partial charge in [0.25, 0.3) is 6.43 Å². The highest BCUT2D eigenvalue weighted by Gasteiger charge is 2.23. The van der Waals surface area contributed by atoms with Gasteiger partial charge in [-0.05, 0) is 44.1 Å². The van der Waals surface area contributed by atoms with E-state index in [9.17, 15) is 8.78 Å². The first kappa shape index (κ1) is 18.2. The molecule has 0 bridgehead atoms. The molecule has 0 amide bonds. The molecule has 2 heterocycles. The molecule has 1 aliphatic rings. The van der Waals surface area contributed by atoms with Gasteiger partial charge in [-0.1, -0.05) is 30.3 Å². The lowest BCUT2D eigenvalue weighted by Gasteiger charge is -2.22. The van der Waals surface area contributed by atoms with Gasteiger partial charge in [0.15, 0.2) is 11.0 Å². The number of aromatic nitrogens is 4. The molecule has 1 saturated carbocycles. The second-order valence-corrected chi connectivity index (χ2v) is 7.30. The molecule has 2 aromatic heterocycles. The van der Waals surface area contributed by atoms with Crippen molar-refractivity contribution in [3.63, 3.8) is 0 Å². The Morgan fingerprint density at radius 1 is 1.11 bits per heavy atom. The summed E-state index contributed by atoms with van der Waals surface area (Å²) in [5, 5.41) is 0.483. The molecule has 0 atom stereocenters. The van der Waals surface area contributed by atoms with Gasteiger partial charge in [0.05, 0.1) is 11.0 Å². The number of benzene rings is 1. The van der Waals surface area contributed by atoms with Gasteiger partial charge in [-0.3, -0.25) is 4.57 Å². The number of hydrogen-bond acceptors (Lipinski definition) is 5. The lowest BCUT2D eigenvalue weighted by Crippen LogP contribution is -2.20. The van der Waals surface area contributed by atoms with E-state index in [1.54, 1.807) is 30.3 Å². The summed E-state index contributed by atoms with van der Waals surface area (Å²) in [6, 6.07) is 8.69. The lowest BCUT2D eigenvalue weighted by atomic mass is 9.98. The molecule has 8 heteroatoms. The monoisotopic (exact) mass is 390 g/mol. The van der Waals surface area contributed by atoms with E-state index in [0.29, 0.717) is 27.9 Å². The largest absolute Gasteiger partial charge is 0.474 e. The van der Waals surface area contributed by atoms with E-state index < -0.39 is 6.43 Å². The van der Waals surface area contributed by atoms with E-state index in [1.807, 2.05) is 6.26 Å². The Bertz CT molecular complexity index is 941. The highest BCUT2D eigenvalue weighted by molar-refractivity contribution is 7.98. The molecule has 142 valence electrons. The molecular formula is C19H20F2N4OS. The first-order valence-electron chi connectivity index (χ1n) is 9.01. The number of fused-ring (bicyclic) bond motifs is 1. The van der Waals surface area contributed by atoms with E-state index >= 15 is 0 Å². The fourth-order valence-electron chi connectivity index (χ4n) is 3.44. The van der Waals surface area contributed by atoms with Crippen molar-refractivity contribution in [3.8, 4) is 11.7 Å². The number of thioether (sulfide) groups is 1. The Hall–Kier alpha value is -2.22. The number of hydrogen-bond donors (Lipinski definition) is 0. The van der Waals surface area contributed by atoms with Crippen LogP contribution >= 0.6 is 11.8 Å². The molecule has 0 saturated heterocycles. The van der Waals surface area contributed by atoms with Crippen molar-refractivity contribution < 1.29 is 13.5 Å². The quantitative estimate of drug-likeness (QED) is 0.443. The predicted octanol–water partition coefficient (Wildman–Crippen LogP) is 5.19. The van der Waals surface area contributed by atoms with Gasteiger partial charge in [0.1, 0.15) is 11.9 Å². The normalized spacial score (nSPS) is 15.6. The standard InChI is InChI=1S/C19H20F2N4OS/c1-27-19-23-15(11-16(24-19)26-12-7-3-2-4-8-12)25-14-10-6-5-9-13(14)22-18(25)17(20)21/h5-6,9-12,17H,2-4,7-8H2,1H3. The van der Waals surface area contributed by atoms with Crippen LogP contribution in [0.1, 0.15) is 44.4 Å².